The average molecular weight is 947 g/mol. The number of hydrogen-bond acceptors (Lipinski definition) is 6. The van der Waals surface area contributed by atoms with Crippen molar-refractivity contribution in [1.29, 1.82) is 0 Å². The van der Waals surface area contributed by atoms with Crippen molar-refractivity contribution >= 4 is 33.8 Å². The number of carbonyl (C=O) groups excluding carboxylic acids is 3. The minimum absolute atomic E-state index is 0. The average Bonchev–Trinajstić information content (AvgIpc) is 3.08. The van der Waals surface area contributed by atoms with Gasteiger partial charge in [0.25, 0.3) is 0 Å². The Kier molecular flexibility index (Phi) is 40.6. The van der Waals surface area contributed by atoms with Gasteiger partial charge in [-0.05, 0) is 132 Å². The second kappa shape index (κ2) is 37.7. The molecule has 0 aliphatic heterocycles. The second-order valence-electron chi connectivity index (χ2n) is 17.3. The van der Waals surface area contributed by atoms with E-state index in [1.165, 1.54) is 33.4 Å². The highest BCUT2D eigenvalue weighted by Crippen LogP contribution is 2.12. The van der Waals surface area contributed by atoms with Gasteiger partial charge in [-0.2, -0.15) is 0 Å². The van der Waals surface area contributed by atoms with Gasteiger partial charge in [0, 0.05) is 0 Å². The maximum atomic E-state index is 11.8. The zero-order chi connectivity index (χ0) is 44.5. The highest BCUT2D eigenvalue weighted by molar-refractivity contribution is 9.10. The fourth-order valence-corrected chi connectivity index (χ4v) is 5.33. The van der Waals surface area contributed by atoms with E-state index >= 15 is 0 Å². The van der Waals surface area contributed by atoms with Gasteiger partial charge in [-0.3, -0.25) is 0 Å². The number of esters is 2. The number of carboxylic acid groups (broad SMARTS) is 1. The molecule has 58 heavy (non-hydrogen) atoms. The molecule has 0 heterocycles. The molecule has 0 aromatic carbocycles. The lowest BCUT2D eigenvalue weighted by atomic mass is 10.1. The highest BCUT2D eigenvalue weighted by Gasteiger charge is 2.21. The molecule has 338 valence electrons. The Hall–Kier alpha value is -2.27. The zero-order valence-electron chi connectivity index (χ0n) is 39.7. The summed E-state index contributed by atoms with van der Waals surface area (Å²) in [6.45, 7) is 26.9. The van der Waals surface area contributed by atoms with Crippen molar-refractivity contribution in [3.05, 3.63) is 69.9 Å². The molecule has 0 rings (SSSR count). The third-order valence-corrected chi connectivity index (χ3v) is 9.65. The number of ether oxygens (including phenoxy) is 2. The molecule has 0 radical (unpaired) electrons. The first-order valence-corrected chi connectivity index (χ1v) is 22.1. The fraction of sp³-hybridized carbons (Fsp3) is 0.688. The van der Waals surface area contributed by atoms with Crippen LogP contribution in [-0.2, 0) is 23.9 Å². The molecule has 1 atom stereocenters. The van der Waals surface area contributed by atoms with Gasteiger partial charge in [0.05, 0.1) is 52.1 Å². The Labute approximate surface area is 376 Å². The first-order valence-electron chi connectivity index (χ1n) is 21.1. The van der Waals surface area contributed by atoms with Crippen molar-refractivity contribution < 1.29 is 54.9 Å². The Balaban J connectivity index is -0.000000380. The van der Waals surface area contributed by atoms with Crippen LogP contribution in [0.4, 0.5) is 0 Å². The number of rotatable bonds is 26. The summed E-state index contributed by atoms with van der Waals surface area (Å²) in [7, 11) is 8.32. The maximum Gasteiger partial charge on any atom is 0.362 e. The number of nitrogens with zero attached hydrogens (tertiary/aromatic N) is 2. The van der Waals surface area contributed by atoms with Crippen molar-refractivity contribution in [2.24, 2.45) is 0 Å². The summed E-state index contributed by atoms with van der Waals surface area (Å²) in [4.78, 5) is 33.5. The predicted molar refractivity (Wildman–Crippen MR) is 245 cm³/mol. The van der Waals surface area contributed by atoms with Gasteiger partial charge in [-0.1, -0.05) is 100 Å². The lowest BCUT2D eigenvalue weighted by Gasteiger charge is -2.28. The van der Waals surface area contributed by atoms with Gasteiger partial charge in [0.2, 0.25) is 0 Å². The Bertz CT molecular complexity index is 1240. The van der Waals surface area contributed by atoms with Crippen LogP contribution in [0.15, 0.2) is 69.9 Å². The largest absolute Gasteiger partial charge is 1.00 e. The summed E-state index contributed by atoms with van der Waals surface area (Å²) in [6, 6.07) is 0. The van der Waals surface area contributed by atoms with E-state index in [2.05, 4.69) is 132 Å². The van der Waals surface area contributed by atoms with Gasteiger partial charge in [-0.25, -0.2) is 9.59 Å². The number of carboxylic acids is 1. The Morgan fingerprint density at radius 1 is 0.569 bits per heavy atom. The molecule has 0 N–H and O–H groups in total. The lowest BCUT2D eigenvalue weighted by molar-refractivity contribution is -0.883. The monoisotopic (exact) mass is 944 g/mol. The summed E-state index contributed by atoms with van der Waals surface area (Å²) in [5, 5.41) is 10.4. The number of likely N-dealkylation sites (N-methyl/N-ethyl adjacent to an activating group) is 2. The van der Waals surface area contributed by atoms with Crippen LogP contribution < -0.4 is 22.1 Å². The van der Waals surface area contributed by atoms with Crippen LogP contribution in [-0.4, -0.2) is 99.3 Å². The normalized spacial score (nSPS) is 12.3. The van der Waals surface area contributed by atoms with E-state index in [1.807, 2.05) is 25.2 Å². The molecule has 0 amide bonds. The number of alkyl halides is 1. The predicted octanol–water partition coefficient (Wildman–Crippen LogP) is 7.78. The lowest BCUT2D eigenvalue weighted by Crippen LogP contribution is -3.00. The molecule has 8 nitrogen and oxygen atoms in total. The van der Waals surface area contributed by atoms with E-state index in [-0.39, 0.29) is 28.9 Å². The van der Waals surface area contributed by atoms with E-state index in [1.54, 1.807) is 0 Å². The van der Waals surface area contributed by atoms with E-state index < -0.39 is 10.8 Å². The van der Waals surface area contributed by atoms with Crippen LogP contribution >= 0.6 is 15.9 Å². The molecular formula is C48H86Br2N2O6. The molecule has 0 spiro atoms. The van der Waals surface area contributed by atoms with Crippen LogP contribution in [0, 0.1) is 0 Å². The molecule has 0 aromatic heterocycles. The molecule has 1 unspecified atom stereocenters. The Morgan fingerprint density at radius 3 is 1.16 bits per heavy atom. The quantitative estimate of drug-likeness (QED) is 0.0381. The van der Waals surface area contributed by atoms with E-state index in [9.17, 15) is 19.5 Å². The molecule has 0 aliphatic carbocycles. The van der Waals surface area contributed by atoms with Gasteiger partial charge in [0.15, 0.2) is 13.1 Å². The topological polar surface area (TPSA) is 92.7 Å². The van der Waals surface area contributed by atoms with Gasteiger partial charge < -0.3 is 45.3 Å². The summed E-state index contributed by atoms with van der Waals surface area (Å²) < 4.78 is 12.0. The Morgan fingerprint density at radius 2 is 0.879 bits per heavy atom. The van der Waals surface area contributed by atoms with Crippen LogP contribution in [0.2, 0.25) is 0 Å². The van der Waals surface area contributed by atoms with Crippen molar-refractivity contribution in [1.82, 2.24) is 0 Å². The first-order chi connectivity index (χ1) is 26.5. The summed E-state index contributed by atoms with van der Waals surface area (Å²) >= 11 is 3.04. The molecule has 10 heteroatoms. The number of allylic oxidation sites excluding steroid dienone is 10. The molecule has 0 aliphatic rings. The molecular weight excluding hydrogens is 860 g/mol. The molecule has 0 saturated carbocycles. The molecule has 0 saturated heterocycles. The second-order valence-corrected chi connectivity index (χ2v) is 18.4. The standard InChI is InChI=1S/2C18H34NO2.C12H19BrO2.BrH/c2*1-7-8-13-19(5,6)15-18(20)21-14-12-17(4)11-9-10-16(2)3;1-9(2)5-4-6-10(3)7-8-11(13)12(14)15;/h2*10,12H,7-9,11,13-15H2,1-6H3;5,7,11H,4,6,8H2,1-3H3,(H,14,15);1H/q2*+1;;/p-2/b2*17-12+;10-7+;. The number of hydrogen-bond donors (Lipinski definition) is 0. The van der Waals surface area contributed by atoms with Gasteiger partial charge in [-0.15, -0.1) is 0 Å². The highest BCUT2D eigenvalue weighted by atomic mass is 79.9. The first kappa shape index (κ1) is 62.4. The number of unbranched alkanes of at least 4 members (excludes halogenated alkanes) is 2. The zero-order valence-corrected chi connectivity index (χ0v) is 42.8. The van der Waals surface area contributed by atoms with Gasteiger partial charge >= 0.3 is 11.9 Å². The minimum atomic E-state index is -1.05. The number of aliphatic carboxylic acids is 1. The van der Waals surface area contributed by atoms with Crippen molar-refractivity contribution in [2.75, 3.05) is 67.6 Å². The van der Waals surface area contributed by atoms with Crippen molar-refractivity contribution in [3.63, 3.8) is 0 Å². The third-order valence-electron chi connectivity index (χ3n) is 8.90. The third kappa shape index (κ3) is 46.4. The van der Waals surface area contributed by atoms with Crippen LogP contribution in [0.1, 0.15) is 147 Å². The molecule has 0 aromatic rings. The molecule has 0 bridgehead atoms. The summed E-state index contributed by atoms with van der Waals surface area (Å²) in [5.74, 6) is -1.27. The fourth-order valence-electron chi connectivity index (χ4n) is 5.15. The summed E-state index contributed by atoms with van der Waals surface area (Å²) in [5.41, 5.74) is 7.79. The SMILES string of the molecule is CC(C)=CCC/C(C)=C/CC(Br)C(=O)[O-].CCCC[N+](C)(C)CC(=O)OC/C=C(\C)CCC=C(C)C.CCCC[N+](C)(C)CC(=O)OC/C=C(\C)CCC=C(C)C.[Br-]. The van der Waals surface area contributed by atoms with Crippen molar-refractivity contribution in [2.45, 2.75) is 152 Å². The number of halogens is 2. The maximum absolute atomic E-state index is 11.8. The van der Waals surface area contributed by atoms with Crippen LogP contribution in [0.3, 0.4) is 0 Å². The van der Waals surface area contributed by atoms with Crippen LogP contribution in [0.25, 0.3) is 0 Å². The molecule has 0 fully saturated rings. The smallest absolute Gasteiger partial charge is 0.362 e. The minimum Gasteiger partial charge on any atom is -1.00 e. The van der Waals surface area contributed by atoms with Gasteiger partial charge in [0.1, 0.15) is 13.2 Å². The summed E-state index contributed by atoms with van der Waals surface area (Å²) in [6.07, 6.45) is 23.9. The van der Waals surface area contributed by atoms with E-state index in [0.29, 0.717) is 41.7 Å². The number of quaternary nitrogens is 2. The van der Waals surface area contributed by atoms with Crippen LogP contribution in [0.5, 0.6) is 0 Å². The van der Waals surface area contributed by atoms with Crippen molar-refractivity contribution in [3.8, 4) is 0 Å². The van der Waals surface area contributed by atoms with E-state index in [0.717, 1.165) is 77.3 Å². The van der Waals surface area contributed by atoms with E-state index in [4.69, 9.17) is 9.47 Å². The number of carbonyl (C=O) groups is 3.